The fourth-order valence-corrected chi connectivity index (χ4v) is 2.72. The summed E-state index contributed by atoms with van der Waals surface area (Å²) in [4.78, 5) is 12.6. The SMILES string of the molecule is Cc1nnn(-c2nonc2N)c1C(=O)N/N=C\c1ccc(OCc2ccc(F)cc2)cc1. The van der Waals surface area contributed by atoms with Crippen LogP contribution in [0.1, 0.15) is 27.3 Å². The third-order valence-corrected chi connectivity index (χ3v) is 4.33. The van der Waals surface area contributed by atoms with Gasteiger partial charge in [-0.3, -0.25) is 4.79 Å². The van der Waals surface area contributed by atoms with E-state index in [4.69, 9.17) is 10.5 Å². The number of halogens is 1. The Hall–Kier alpha value is -4.61. The van der Waals surface area contributed by atoms with Crippen molar-refractivity contribution in [3.8, 4) is 11.6 Å². The molecule has 0 aliphatic carbocycles. The van der Waals surface area contributed by atoms with Crippen molar-refractivity contribution in [2.24, 2.45) is 5.10 Å². The van der Waals surface area contributed by atoms with Gasteiger partial charge in [-0.05, 0) is 64.8 Å². The van der Waals surface area contributed by atoms with Crippen molar-refractivity contribution < 1.29 is 18.6 Å². The number of aryl methyl sites for hydroxylation is 1. The number of aromatic nitrogens is 5. The van der Waals surface area contributed by atoms with Gasteiger partial charge in [0.05, 0.1) is 11.9 Å². The maximum Gasteiger partial charge on any atom is 0.292 e. The van der Waals surface area contributed by atoms with Crippen LogP contribution in [-0.4, -0.2) is 37.4 Å². The van der Waals surface area contributed by atoms with Gasteiger partial charge in [0.2, 0.25) is 11.6 Å². The zero-order valence-corrected chi connectivity index (χ0v) is 16.8. The molecule has 0 saturated carbocycles. The number of benzene rings is 2. The van der Waals surface area contributed by atoms with Crippen LogP contribution in [0.3, 0.4) is 0 Å². The van der Waals surface area contributed by atoms with E-state index in [0.717, 1.165) is 15.8 Å². The first kappa shape index (κ1) is 20.7. The number of nitrogens with one attached hydrogen (secondary N) is 1. The number of ether oxygens (including phenoxy) is 1. The minimum Gasteiger partial charge on any atom is -0.489 e. The Bertz CT molecular complexity index is 1250. The van der Waals surface area contributed by atoms with Gasteiger partial charge in [0.25, 0.3) is 5.91 Å². The Labute approximate surface area is 180 Å². The van der Waals surface area contributed by atoms with Crippen LogP contribution in [0.15, 0.2) is 58.3 Å². The van der Waals surface area contributed by atoms with Gasteiger partial charge in [-0.25, -0.2) is 14.4 Å². The normalized spacial score (nSPS) is 11.1. The number of rotatable bonds is 7. The number of hydrogen-bond donors (Lipinski definition) is 2. The van der Waals surface area contributed by atoms with Crippen LogP contribution in [-0.2, 0) is 6.61 Å². The molecule has 0 atom stereocenters. The lowest BCUT2D eigenvalue weighted by molar-refractivity contribution is 0.0946. The number of carbonyl (C=O) groups excluding carboxylic acids is 1. The summed E-state index contributed by atoms with van der Waals surface area (Å²) in [5.41, 5.74) is 10.1. The number of hydrazone groups is 1. The smallest absolute Gasteiger partial charge is 0.292 e. The van der Waals surface area contributed by atoms with Crippen molar-refractivity contribution >= 4 is 17.9 Å². The molecular formula is C20H17FN8O3. The summed E-state index contributed by atoms with van der Waals surface area (Å²) in [6, 6.07) is 13.2. The number of hydrogen-bond acceptors (Lipinski definition) is 9. The van der Waals surface area contributed by atoms with Crippen molar-refractivity contribution in [1.29, 1.82) is 0 Å². The van der Waals surface area contributed by atoms with Gasteiger partial charge in [-0.1, -0.05) is 17.3 Å². The van der Waals surface area contributed by atoms with E-state index >= 15 is 0 Å². The highest BCUT2D eigenvalue weighted by Crippen LogP contribution is 2.16. The van der Waals surface area contributed by atoms with Gasteiger partial charge in [0.1, 0.15) is 18.2 Å². The first-order valence-electron chi connectivity index (χ1n) is 9.32. The van der Waals surface area contributed by atoms with Gasteiger partial charge in [0, 0.05) is 0 Å². The summed E-state index contributed by atoms with van der Waals surface area (Å²) in [6.45, 7) is 1.92. The molecule has 12 heteroatoms. The summed E-state index contributed by atoms with van der Waals surface area (Å²) >= 11 is 0. The van der Waals surface area contributed by atoms with Crippen LogP contribution in [0, 0.1) is 12.7 Å². The summed E-state index contributed by atoms with van der Waals surface area (Å²) in [5, 5.41) is 18.7. The van der Waals surface area contributed by atoms with Crippen molar-refractivity contribution in [2.45, 2.75) is 13.5 Å². The topological polar surface area (TPSA) is 146 Å². The number of nitrogens with zero attached hydrogens (tertiary/aromatic N) is 6. The minimum atomic E-state index is -0.564. The molecule has 0 unspecified atom stereocenters. The molecule has 0 spiro atoms. The standard InChI is InChI=1S/C20H17FN8O3/c1-12-17(29(28-24-12)19-18(22)26-32-27-19)20(30)25-23-10-13-4-8-16(9-5-13)31-11-14-2-6-15(21)7-3-14/h2-10H,11H2,1H3,(H2,22,26)(H,25,30)/b23-10-. The number of amides is 1. The van der Waals surface area contributed by atoms with Gasteiger partial charge >= 0.3 is 0 Å². The van der Waals surface area contributed by atoms with Gasteiger partial charge < -0.3 is 10.5 Å². The first-order valence-corrected chi connectivity index (χ1v) is 9.32. The highest BCUT2D eigenvalue weighted by Gasteiger charge is 2.22. The zero-order valence-electron chi connectivity index (χ0n) is 16.8. The molecule has 0 bridgehead atoms. The Morgan fingerprint density at radius 1 is 1.22 bits per heavy atom. The first-order chi connectivity index (χ1) is 15.5. The molecule has 0 fully saturated rings. The van der Waals surface area contributed by atoms with Crippen LogP contribution in [0.2, 0.25) is 0 Å². The third-order valence-electron chi connectivity index (χ3n) is 4.33. The van der Waals surface area contributed by atoms with E-state index in [9.17, 15) is 9.18 Å². The maximum atomic E-state index is 12.9. The molecule has 2 heterocycles. The Morgan fingerprint density at radius 2 is 1.97 bits per heavy atom. The second-order valence-electron chi connectivity index (χ2n) is 6.59. The molecule has 1 amide bonds. The Kier molecular flexibility index (Phi) is 5.83. The van der Waals surface area contributed by atoms with E-state index in [1.165, 1.54) is 18.3 Å². The molecule has 0 saturated heterocycles. The van der Waals surface area contributed by atoms with Crippen LogP contribution in [0.5, 0.6) is 5.75 Å². The summed E-state index contributed by atoms with van der Waals surface area (Å²) in [5.74, 6) is -0.199. The number of carbonyl (C=O) groups is 1. The number of anilines is 1. The molecule has 2 aromatic carbocycles. The lowest BCUT2D eigenvalue weighted by atomic mass is 10.2. The summed E-state index contributed by atoms with van der Waals surface area (Å²) in [7, 11) is 0. The second-order valence-corrected chi connectivity index (χ2v) is 6.59. The molecule has 11 nitrogen and oxygen atoms in total. The molecule has 3 N–H and O–H groups in total. The average Bonchev–Trinajstić information content (AvgIpc) is 3.39. The van der Waals surface area contributed by atoms with Crippen LogP contribution >= 0.6 is 0 Å². The molecule has 32 heavy (non-hydrogen) atoms. The number of nitrogen functional groups attached to an aromatic ring is 1. The van der Waals surface area contributed by atoms with E-state index in [1.807, 2.05) is 0 Å². The lowest BCUT2D eigenvalue weighted by Gasteiger charge is -2.06. The largest absolute Gasteiger partial charge is 0.489 e. The van der Waals surface area contributed by atoms with Crippen molar-refractivity contribution in [3.05, 3.63) is 76.9 Å². The van der Waals surface area contributed by atoms with Crippen LogP contribution in [0.25, 0.3) is 5.82 Å². The maximum absolute atomic E-state index is 12.9. The summed E-state index contributed by atoms with van der Waals surface area (Å²) < 4.78 is 24.3. The molecule has 4 rings (SSSR count). The van der Waals surface area contributed by atoms with E-state index in [1.54, 1.807) is 43.3 Å². The zero-order chi connectivity index (χ0) is 22.5. The molecule has 0 aliphatic heterocycles. The number of nitrogens with two attached hydrogens (primary N) is 1. The third kappa shape index (κ3) is 4.59. The average molecular weight is 436 g/mol. The highest BCUT2D eigenvalue weighted by molar-refractivity contribution is 5.94. The molecular weight excluding hydrogens is 419 g/mol. The van der Waals surface area contributed by atoms with Crippen molar-refractivity contribution in [2.75, 3.05) is 5.73 Å². The van der Waals surface area contributed by atoms with E-state index in [2.05, 4.69) is 35.8 Å². The van der Waals surface area contributed by atoms with Crippen molar-refractivity contribution in [3.63, 3.8) is 0 Å². The fraction of sp³-hybridized carbons (Fsp3) is 0.100. The van der Waals surface area contributed by atoms with Gasteiger partial charge in [-0.15, -0.1) is 5.10 Å². The molecule has 162 valence electrons. The quantitative estimate of drug-likeness (QED) is 0.330. The second kappa shape index (κ2) is 9.04. The van der Waals surface area contributed by atoms with E-state index in [0.29, 0.717) is 18.1 Å². The van der Waals surface area contributed by atoms with E-state index in [-0.39, 0.29) is 23.1 Å². The molecule has 0 aliphatic rings. The fourth-order valence-electron chi connectivity index (χ4n) is 2.72. The summed E-state index contributed by atoms with van der Waals surface area (Å²) in [6.07, 6.45) is 1.47. The lowest BCUT2D eigenvalue weighted by Crippen LogP contribution is -2.22. The van der Waals surface area contributed by atoms with Crippen molar-refractivity contribution in [1.82, 2.24) is 30.7 Å². The monoisotopic (exact) mass is 436 g/mol. The van der Waals surface area contributed by atoms with Gasteiger partial charge in [-0.2, -0.15) is 9.78 Å². The van der Waals surface area contributed by atoms with Gasteiger partial charge in [0.15, 0.2) is 5.69 Å². The minimum absolute atomic E-state index is 0.0332. The van der Waals surface area contributed by atoms with Crippen LogP contribution < -0.4 is 15.9 Å². The molecule has 2 aromatic heterocycles. The predicted octanol–water partition coefficient (Wildman–Crippen LogP) is 2.02. The predicted molar refractivity (Wildman–Crippen MR) is 111 cm³/mol. The molecule has 4 aromatic rings. The Balaban J connectivity index is 1.36. The van der Waals surface area contributed by atoms with E-state index < -0.39 is 5.91 Å². The molecule has 0 radical (unpaired) electrons. The van der Waals surface area contributed by atoms with Crippen LogP contribution in [0.4, 0.5) is 10.2 Å². The Morgan fingerprint density at radius 3 is 2.66 bits per heavy atom. The highest BCUT2D eigenvalue weighted by atomic mass is 19.1.